The second-order valence-electron chi connectivity index (χ2n) is 8.58. The number of rotatable bonds is 9. The predicted molar refractivity (Wildman–Crippen MR) is 120 cm³/mol. The Morgan fingerprint density at radius 1 is 1.21 bits per heavy atom. The molecule has 176 valence electrons. The molecular weight excluding hydrogens is 422 g/mol. The average molecular weight is 454 g/mol. The van der Waals surface area contributed by atoms with E-state index in [4.69, 9.17) is 8.94 Å². The van der Waals surface area contributed by atoms with E-state index in [1.54, 1.807) is 12.3 Å². The molecule has 2 amide bonds. The van der Waals surface area contributed by atoms with Crippen LogP contribution in [0.15, 0.2) is 39.7 Å². The Morgan fingerprint density at radius 3 is 2.73 bits per heavy atom. The smallest absolute Gasteiger partial charge is 0.222 e. The van der Waals surface area contributed by atoms with Gasteiger partial charge in [-0.1, -0.05) is 5.16 Å². The van der Waals surface area contributed by atoms with Crippen molar-refractivity contribution < 1.29 is 18.5 Å². The summed E-state index contributed by atoms with van der Waals surface area (Å²) in [4.78, 5) is 31.1. The molecule has 0 atom stereocenters. The van der Waals surface area contributed by atoms with Gasteiger partial charge in [0.1, 0.15) is 17.3 Å². The second kappa shape index (κ2) is 10.5. The van der Waals surface area contributed by atoms with Gasteiger partial charge in [0, 0.05) is 49.8 Å². The summed E-state index contributed by atoms with van der Waals surface area (Å²) in [5, 5.41) is 6.85. The number of hydrogen-bond acceptors (Lipinski definition) is 6. The number of aromatic nitrogens is 3. The van der Waals surface area contributed by atoms with E-state index in [1.807, 2.05) is 37.2 Å². The highest BCUT2D eigenvalue weighted by Crippen LogP contribution is 2.28. The van der Waals surface area contributed by atoms with Gasteiger partial charge in [-0.05, 0) is 45.2 Å². The Morgan fingerprint density at radius 2 is 2.03 bits per heavy atom. The van der Waals surface area contributed by atoms with Crippen LogP contribution in [0.4, 0.5) is 0 Å². The molecule has 0 unspecified atom stereocenters. The van der Waals surface area contributed by atoms with Gasteiger partial charge in [0.2, 0.25) is 11.8 Å². The van der Waals surface area contributed by atoms with E-state index < -0.39 is 0 Å². The number of nitrogens with zero attached hydrogens (tertiary/aromatic N) is 4. The number of hydrogen-bond donors (Lipinski definition) is 1. The van der Waals surface area contributed by atoms with E-state index in [2.05, 4.69) is 20.0 Å². The van der Waals surface area contributed by atoms with Crippen molar-refractivity contribution in [2.75, 3.05) is 13.1 Å². The monoisotopic (exact) mass is 453 g/mol. The van der Waals surface area contributed by atoms with Crippen LogP contribution in [-0.4, -0.2) is 44.5 Å². The van der Waals surface area contributed by atoms with Crippen LogP contribution in [0.1, 0.15) is 66.6 Å². The molecular formula is C24H31N5O4. The first-order valence-electron chi connectivity index (χ1n) is 11.5. The lowest BCUT2D eigenvalue weighted by Gasteiger charge is -2.32. The summed E-state index contributed by atoms with van der Waals surface area (Å²) in [6, 6.07) is 3.60. The van der Waals surface area contributed by atoms with Crippen molar-refractivity contribution in [1.29, 1.82) is 0 Å². The van der Waals surface area contributed by atoms with Crippen LogP contribution in [-0.2, 0) is 22.7 Å². The zero-order chi connectivity index (χ0) is 23.2. The summed E-state index contributed by atoms with van der Waals surface area (Å²) >= 11 is 0. The molecule has 4 rings (SSSR count). The lowest BCUT2D eigenvalue weighted by atomic mass is 9.95. The molecule has 3 aromatic heterocycles. The Bertz CT molecular complexity index is 1040. The summed E-state index contributed by atoms with van der Waals surface area (Å²) in [6.45, 7) is 6.38. The number of imidazole rings is 1. The highest BCUT2D eigenvalue weighted by molar-refractivity contribution is 5.79. The molecule has 9 nitrogen and oxygen atoms in total. The summed E-state index contributed by atoms with van der Waals surface area (Å²) in [6.07, 6.45) is 8.45. The molecule has 1 aliphatic heterocycles. The first-order valence-corrected chi connectivity index (χ1v) is 11.5. The molecule has 1 N–H and O–H groups in total. The van der Waals surface area contributed by atoms with Gasteiger partial charge in [0.25, 0.3) is 0 Å². The highest BCUT2D eigenvalue weighted by atomic mass is 16.5. The van der Waals surface area contributed by atoms with Crippen LogP contribution in [0.25, 0.3) is 0 Å². The highest BCUT2D eigenvalue weighted by Gasteiger charge is 2.26. The van der Waals surface area contributed by atoms with Gasteiger partial charge < -0.3 is 23.7 Å². The summed E-state index contributed by atoms with van der Waals surface area (Å²) in [5.74, 6) is 2.97. The first kappa shape index (κ1) is 22.8. The maximum atomic E-state index is 12.6. The topological polar surface area (TPSA) is 106 Å². The zero-order valence-corrected chi connectivity index (χ0v) is 19.2. The molecule has 0 aromatic carbocycles. The Labute approximate surface area is 193 Å². The fraction of sp³-hybridized carbons (Fsp3) is 0.500. The van der Waals surface area contributed by atoms with Crippen LogP contribution in [0.3, 0.4) is 0 Å². The fourth-order valence-electron chi connectivity index (χ4n) is 4.34. The van der Waals surface area contributed by atoms with Crippen molar-refractivity contribution in [1.82, 2.24) is 24.9 Å². The number of amides is 2. The number of furan rings is 1. The predicted octanol–water partition coefficient (Wildman–Crippen LogP) is 3.32. The molecule has 0 spiro atoms. The van der Waals surface area contributed by atoms with E-state index in [0.717, 1.165) is 41.4 Å². The molecule has 9 heteroatoms. The third-order valence-corrected chi connectivity index (χ3v) is 6.30. The maximum absolute atomic E-state index is 12.6. The maximum Gasteiger partial charge on any atom is 0.222 e. The van der Waals surface area contributed by atoms with E-state index >= 15 is 0 Å². The Balaban J connectivity index is 1.20. The van der Waals surface area contributed by atoms with Gasteiger partial charge in [-0.2, -0.15) is 0 Å². The van der Waals surface area contributed by atoms with Crippen molar-refractivity contribution in [3.05, 3.63) is 59.4 Å². The fourth-order valence-corrected chi connectivity index (χ4v) is 4.34. The lowest BCUT2D eigenvalue weighted by Crippen LogP contribution is -2.38. The molecule has 0 bridgehead atoms. The SMILES string of the molecule is Cc1noc(C)c1Cn1ccnc1C1CCN(C(=O)CCCC(=O)NCc2ccco2)CC1. The minimum absolute atomic E-state index is 0.0666. The number of likely N-dealkylation sites (tertiary alicyclic amines) is 1. The van der Waals surface area contributed by atoms with Crippen molar-refractivity contribution in [2.24, 2.45) is 0 Å². The van der Waals surface area contributed by atoms with Crippen LogP contribution < -0.4 is 5.32 Å². The van der Waals surface area contributed by atoms with Gasteiger partial charge in [-0.25, -0.2) is 4.98 Å². The average Bonchev–Trinajstić information content (AvgIpc) is 3.57. The number of carbonyl (C=O) groups excluding carboxylic acids is 2. The molecule has 1 saturated heterocycles. The van der Waals surface area contributed by atoms with E-state index in [1.165, 1.54) is 0 Å². The standard InChI is InChI=1S/C24H31N5O4/c1-17-21(18(2)33-27-17)16-29-13-10-25-24(29)19-8-11-28(12-9-19)23(31)7-3-6-22(30)26-15-20-5-4-14-32-20/h4-5,10,13-14,19H,3,6-9,11-12,15-16H2,1-2H3,(H,26,30). The van der Waals surface area contributed by atoms with Crippen LogP contribution in [0, 0.1) is 13.8 Å². The third-order valence-electron chi connectivity index (χ3n) is 6.30. The minimum atomic E-state index is -0.0666. The largest absolute Gasteiger partial charge is 0.467 e. The van der Waals surface area contributed by atoms with Gasteiger partial charge in [-0.3, -0.25) is 9.59 Å². The summed E-state index contributed by atoms with van der Waals surface area (Å²) in [7, 11) is 0. The normalized spacial score (nSPS) is 14.5. The summed E-state index contributed by atoms with van der Waals surface area (Å²) in [5.41, 5.74) is 2.00. The number of carbonyl (C=O) groups is 2. The number of aryl methyl sites for hydroxylation is 2. The molecule has 3 aromatic rings. The van der Waals surface area contributed by atoms with E-state index in [9.17, 15) is 9.59 Å². The van der Waals surface area contributed by atoms with E-state index in [0.29, 0.717) is 51.4 Å². The molecule has 0 radical (unpaired) electrons. The van der Waals surface area contributed by atoms with Crippen molar-refractivity contribution in [3.8, 4) is 0 Å². The number of nitrogens with one attached hydrogen (secondary N) is 1. The summed E-state index contributed by atoms with van der Waals surface area (Å²) < 4.78 is 12.6. The third kappa shape index (κ3) is 5.71. The molecule has 0 aliphatic carbocycles. The molecule has 4 heterocycles. The van der Waals surface area contributed by atoms with Crippen molar-refractivity contribution in [3.63, 3.8) is 0 Å². The van der Waals surface area contributed by atoms with Crippen LogP contribution in [0.2, 0.25) is 0 Å². The van der Waals surface area contributed by atoms with Crippen LogP contribution >= 0.6 is 0 Å². The van der Waals surface area contributed by atoms with Gasteiger partial charge in [0.05, 0.1) is 25.0 Å². The van der Waals surface area contributed by atoms with Gasteiger partial charge >= 0.3 is 0 Å². The first-order chi connectivity index (χ1) is 16.0. The molecule has 33 heavy (non-hydrogen) atoms. The lowest BCUT2D eigenvalue weighted by molar-refractivity contribution is -0.132. The van der Waals surface area contributed by atoms with Crippen molar-refractivity contribution in [2.45, 2.75) is 65.0 Å². The second-order valence-corrected chi connectivity index (χ2v) is 8.58. The Hall–Kier alpha value is -3.36. The van der Waals surface area contributed by atoms with Gasteiger partial charge in [0.15, 0.2) is 0 Å². The van der Waals surface area contributed by atoms with Gasteiger partial charge in [-0.15, -0.1) is 0 Å². The molecule has 0 saturated carbocycles. The van der Waals surface area contributed by atoms with Crippen LogP contribution in [0.5, 0.6) is 0 Å². The quantitative estimate of drug-likeness (QED) is 0.533. The molecule has 1 fully saturated rings. The minimum Gasteiger partial charge on any atom is -0.467 e. The number of piperidine rings is 1. The van der Waals surface area contributed by atoms with Crippen molar-refractivity contribution >= 4 is 11.8 Å². The Kier molecular flexibility index (Phi) is 7.26. The molecule has 1 aliphatic rings. The van der Waals surface area contributed by atoms with E-state index in [-0.39, 0.29) is 11.8 Å². The zero-order valence-electron chi connectivity index (χ0n) is 19.2.